The van der Waals surface area contributed by atoms with Gasteiger partial charge in [0.25, 0.3) is 0 Å². The molecule has 1 aromatic carbocycles. The van der Waals surface area contributed by atoms with E-state index in [9.17, 15) is 13.2 Å². The fourth-order valence-corrected chi connectivity index (χ4v) is 5.50. The van der Waals surface area contributed by atoms with Gasteiger partial charge in [0, 0.05) is 23.7 Å². The van der Waals surface area contributed by atoms with Crippen LogP contribution in [0.5, 0.6) is 0 Å². The number of nitrogens with zero attached hydrogens (tertiary/aromatic N) is 3. The Morgan fingerprint density at radius 1 is 1.42 bits per heavy atom. The van der Waals surface area contributed by atoms with Gasteiger partial charge in [0.15, 0.2) is 15.0 Å². The molecule has 0 radical (unpaired) electrons. The lowest BCUT2D eigenvalue weighted by Crippen LogP contribution is -2.15. The molecule has 0 saturated carbocycles. The summed E-state index contributed by atoms with van der Waals surface area (Å²) in [5, 5.41) is 12.2. The molecule has 0 aliphatic carbocycles. The molecule has 1 aliphatic rings. The van der Waals surface area contributed by atoms with Crippen LogP contribution in [0.3, 0.4) is 0 Å². The second-order valence-electron chi connectivity index (χ2n) is 6.25. The summed E-state index contributed by atoms with van der Waals surface area (Å²) in [6, 6.07) is 5.35. The summed E-state index contributed by atoms with van der Waals surface area (Å²) in [4.78, 5) is 12.2. The first kappa shape index (κ1) is 19.2. The summed E-state index contributed by atoms with van der Waals surface area (Å²) in [7, 11) is -1.19. The summed E-state index contributed by atoms with van der Waals surface area (Å²) in [5.74, 6) is 0.816. The minimum Gasteiger partial charge on any atom is -0.325 e. The summed E-state index contributed by atoms with van der Waals surface area (Å²) < 4.78 is 25.1. The zero-order chi connectivity index (χ0) is 18.9. The lowest BCUT2D eigenvalue weighted by molar-refractivity contribution is -0.113. The molecule has 1 unspecified atom stereocenters. The second-order valence-corrected chi connectivity index (χ2v) is 9.83. The Labute approximate surface area is 161 Å². The van der Waals surface area contributed by atoms with Crippen LogP contribution in [0, 0.1) is 6.92 Å². The Balaban J connectivity index is 1.62. The summed E-state index contributed by atoms with van der Waals surface area (Å²) in [6.07, 6.45) is 0.563. The zero-order valence-electron chi connectivity index (χ0n) is 14.4. The van der Waals surface area contributed by atoms with Gasteiger partial charge in [-0.1, -0.05) is 29.4 Å². The lowest BCUT2D eigenvalue weighted by atomic mass is 10.1. The number of carbonyl (C=O) groups is 1. The molecule has 1 saturated heterocycles. The number of anilines is 1. The van der Waals surface area contributed by atoms with E-state index in [1.807, 2.05) is 6.92 Å². The van der Waals surface area contributed by atoms with Gasteiger partial charge in [-0.05, 0) is 31.0 Å². The number of hydrogen-bond acceptors (Lipinski definition) is 6. The first-order chi connectivity index (χ1) is 12.3. The van der Waals surface area contributed by atoms with Crippen molar-refractivity contribution in [3.05, 3.63) is 34.6 Å². The van der Waals surface area contributed by atoms with Crippen LogP contribution < -0.4 is 5.32 Å². The Hall–Kier alpha value is -1.58. The number of benzene rings is 1. The van der Waals surface area contributed by atoms with Gasteiger partial charge >= 0.3 is 0 Å². The molecule has 1 aromatic heterocycles. The quantitative estimate of drug-likeness (QED) is 0.755. The number of halogens is 1. The highest BCUT2D eigenvalue weighted by molar-refractivity contribution is 7.99. The van der Waals surface area contributed by atoms with Gasteiger partial charge in [-0.25, -0.2) is 8.42 Å². The first-order valence-electron chi connectivity index (χ1n) is 8.04. The zero-order valence-corrected chi connectivity index (χ0v) is 16.8. The van der Waals surface area contributed by atoms with Crippen LogP contribution in [-0.4, -0.2) is 46.3 Å². The monoisotopic (exact) mass is 414 g/mol. The van der Waals surface area contributed by atoms with Crippen LogP contribution in [0.2, 0.25) is 5.02 Å². The van der Waals surface area contributed by atoms with Crippen molar-refractivity contribution in [1.29, 1.82) is 0 Å². The van der Waals surface area contributed by atoms with Crippen LogP contribution >= 0.6 is 23.4 Å². The Kier molecular flexibility index (Phi) is 5.59. The molecule has 1 fully saturated rings. The second kappa shape index (κ2) is 7.58. The Bertz CT molecular complexity index is 943. The van der Waals surface area contributed by atoms with E-state index in [2.05, 4.69) is 15.5 Å². The van der Waals surface area contributed by atoms with Crippen molar-refractivity contribution < 1.29 is 13.2 Å². The third-order valence-electron chi connectivity index (χ3n) is 4.34. The van der Waals surface area contributed by atoms with Crippen LogP contribution in [0.4, 0.5) is 5.69 Å². The number of hydrogen-bond donors (Lipinski definition) is 1. The maximum atomic E-state index is 12.2. The predicted molar refractivity (Wildman–Crippen MR) is 103 cm³/mol. The van der Waals surface area contributed by atoms with Gasteiger partial charge in [-0.15, -0.1) is 10.2 Å². The van der Waals surface area contributed by atoms with E-state index < -0.39 is 9.84 Å². The number of nitrogens with one attached hydrogen (secondary N) is 1. The molecule has 3 rings (SSSR count). The topological polar surface area (TPSA) is 94.0 Å². The largest absolute Gasteiger partial charge is 0.325 e. The molecule has 1 amide bonds. The molecule has 140 valence electrons. The average Bonchev–Trinajstić information content (AvgIpc) is 3.12. The predicted octanol–water partition coefficient (Wildman–Crippen LogP) is 2.41. The molecule has 2 aromatic rings. The smallest absolute Gasteiger partial charge is 0.234 e. The van der Waals surface area contributed by atoms with Gasteiger partial charge in [0.1, 0.15) is 5.82 Å². The van der Waals surface area contributed by atoms with Crippen LogP contribution in [0.1, 0.15) is 23.7 Å². The number of thioether (sulfide) groups is 1. The van der Waals surface area contributed by atoms with Crippen molar-refractivity contribution in [2.45, 2.75) is 24.4 Å². The molecule has 26 heavy (non-hydrogen) atoms. The maximum Gasteiger partial charge on any atom is 0.234 e. The molecule has 1 atom stereocenters. The molecule has 0 spiro atoms. The van der Waals surface area contributed by atoms with Crippen molar-refractivity contribution in [3.8, 4) is 0 Å². The normalized spacial score (nSPS) is 18.8. The third kappa shape index (κ3) is 4.21. The van der Waals surface area contributed by atoms with Crippen molar-refractivity contribution in [2.75, 3.05) is 22.6 Å². The lowest BCUT2D eigenvalue weighted by Gasteiger charge is -2.10. The molecule has 1 N–H and O–H groups in total. The number of sulfone groups is 1. The van der Waals surface area contributed by atoms with E-state index in [1.54, 1.807) is 29.8 Å². The van der Waals surface area contributed by atoms with E-state index in [0.717, 1.165) is 5.56 Å². The average molecular weight is 415 g/mol. The van der Waals surface area contributed by atoms with Crippen LogP contribution in [0.25, 0.3) is 0 Å². The molecule has 0 bridgehead atoms. The minimum absolute atomic E-state index is 0.109. The van der Waals surface area contributed by atoms with Crippen LogP contribution in [-0.2, 0) is 21.7 Å². The first-order valence-corrected chi connectivity index (χ1v) is 11.2. The van der Waals surface area contributed by atoms with E-state index in [4.69, 9.17) is 11.6 Å². The van der Waals surface area contributed by atoms with Gasteiger partial charge < -0.3 is 9.88 Å². The molecule has 7 nitrogen and oxygen atoms in total. The van der Waals surface area contributed by atoms with Crippen molar-refractivity contribution in [1.82, 2.24) is 14.8 Å². The molecular weight excluding hydrogens is 396 g/mol. The minimum atomic E-state index is -2.98. The third-order valence-corrected chi connectivity index (χ3v) is 7.54. The van der Waals surface area contributed by atoms with Gasteiger partial charge in [-0.3, -0.25) is 4.79 Å². The summed E-state index contributed by atoms with van der Waals surface area (Å²) in [5.41, 5.74) is 1.49. The summed E-state index contributed by atoms with van der Waals surface area (Å²) >= 11 is 7.31. The van der Waals surface area contributed by atoms with E-state index in [-0.39, 0.29) is 29.1 Å². The van der Waals surface area contributed by atoms with Crippen molar-refractivity contribution in [2.24, 2.45) is 7.05 Å². The number of aromatic nitrogens is 3. The fourth-order valence-electron chi connectivity index (χ4n) is 2.87. The van der Waals surface area contributed by atoms with E-state index >= 15 is 0 Å². The molecular formula is C16H19ClN4O3S2. The number of amides is 1. The molecule has 1 aliphatic heterocycles. The van der Waals surface area contributed by atoms with Gasteiger partial charge in [0.05, 0.1) is 17.3 Å². The Morgan fingerprint density at radius 3 is 2.88 bits per heavy atom. The fraction of sp³-hybridized carbons (Fsp3) is 0.438. The standard InChI is InChI=1S/C16H19ClN4O3S2/c1-10-12(17)4-3-5-13(10)18-14(22)8-25-16-20-19-15(21(16)2)11-6-7-26(23,24)9-11/h3-5,11H,6-9H2,1-2H3,(H,18,22). The highest BCUT2D eigenvalue weighted by atomic mass is 35.5. The SMILES string of the molecule is Cc1c(Cl)cccc1NC(=O)CSc1nnc(C2CCS(=O)(=O)C2)n1C. The highest BCUT2D eigenvalue weighted by Gasteiger charge is 2.32. The van der Waals surface area contributed by atoms with Crippen LogP contribution in [0.15, 0.2) is 23.4 Å². The number of carbonyl (C=O) groups excluding carboxylic acids is 1. The van der Waals surface area contributed by atoms with Gasteiger partial charge in [0.2, 0.25) is 5.91 Å². The summed E-state index contributed by atoms with van der Waals surface area (Å²) in [6.45, 7) is 1.84. The Morgan fingerprint density at radius 2 is 2.19 bits per heavy atom. The van der Waals surface area contributed by atoms with Crippen molar-refractivity contribution >= 4 is 44.8 Å². The van der Waals surface area contributed by atoms with E-state index in [1.165, 1.54) is 11.8 Å². The highest BCUT2D eigenvalue weighted by Crippen LogP contribution is 2.29. The maximum absolute atomic E-state index is 12.2. The molecule has 2 heterocycles. The molecule has 10 heteroatoms. The number of rotatable bonds is 5. The van der Waals surface area contributed by atoms with Crippen molar-refractivity contribution in [3.63, 3.8) is 0 Å². The van der Waals surface area contributed by atoms with E-state index in [0.29, 0.717) is 28.1 Å². The van der Waals surface area contributed by atoms with Gasteiger partial charge in [-0.2, -0.15) is 0 Å².